The van der Waals surface area contributed by atoms with Crippen LogP contribution in [0.1, 0.15) is 19.3 Å². The predicted octanol–water partition coefficient (Wildman–Crippen LogP) is 1.74. The molecule has 1 aromatic carbocycles. The van der Waals surface area contributed by atoms with E-state index in [1.807, 2.05) is 0 Å². The minimum atomic E-state index is -3.94. The zero-order valence-corrected chi connectivity index (χ0v) is 15.2. The number of benzene rings is 1. The van der Waals surface area contributed by atoms with Crippen LogP contribution in [0.4, 0.5) is 5.69 Å². The maximum atomic E-state index is 12.9. The first-order valence-electron chi connectivity index (χ1n) is 7.52. The molecule has 1 atom stereocenters. The van der Waals surface area contributed by atoms with Gasteiger partial charge in [0, 0.05) is 6.54 Å². The lowest BCUT2D eigenvalue weighted by Crippen LogP contribution is -2.47. The average molecular weight is 382 g/mol. The topological polar surface area (TPSA) is 123 Å². The molecule has 1 fully saturated rings. The molecule has 1 unspecified atom stereocenters. The third kappa shape index (κ3) is 4.50. The molecule has 2 N–H and O–H groups in total. The molecule has 0 saturated carbocycles. The van der Waals surface area contributed by atoms with E-state index in [1.54, 1.807) is 18.5 Å². The number of carboxylic acids is 1. The molecule has 1 aliphatic heterocycles. The fourth-order valence-electron chi connectivity index (χ4n) is 2.58. The maximum absolute atomic E-state index is 12.9. The number of nitrogens with zero attached hydrogens (tertiary/aromatic N) is 3. The van der Waals surface area contributed by atoms with Crippen molar-refractivity contribution in [2.45, 2.75) is 30.2 Å². The number of hydrogen-bond donors (Lipinski definition) is 2. The molecular weight excluding hydrogens is 364 g/mol. The van der Waals surface area contributed by atoms with Crippen molar-refractivity contribution < 1.29 is 18.3 Å². The van der Waals surface area contributed by atoms with Crippen LogP contribution in [0.2, 0.25) is 0 Å². The van der Waals surface area contributed by atoms with Crippen molar-refractivity contribution in [3.8, 4) is 6.19 Å². The van der Waals surface area contributed by atoms with Gasteiger partial charge >= 0.3 is 5.97 Å². The van der Waals surface area contributed by atoms with E-state index in [9.17, 15) is 18.3 Å². The molecule has 0 spiro atoms. The summed E-state index contributed by atoms with van der Waals surface area (Å²) in [5, 5.41) is 20.7. The number of hydrogen-bond acceptors (Lipinski definition) is 6. The third-order valence-corrected chi connectivity index (χ3v) is 6.23. The SMILES string of the molecule is CSC(=Nc1cccc(S(=O)(=O)N2CCCCC2C(=O)O)c1)NC#N. The Kier molecular flexibility index (Phi) is 6.41. The Labute approximate surface area is 150 Å². The summed E-state index contributed by atoms with van der Waals surface area (Å²) < 4.78 is 26.8. The predicted molar refractivity (Wildman–Crippen MR) is 95.0 cm³/mol. The lowest BCUT2D eigenvalue weighted by molar-refractivity contribution is -0.142. The number of aliphatic imine (C=N–C) groups is 1. The fourth-order valence-corrected chi connectivity index (χ4v) is 4.61. The molecule has 134 valence electrons. The minimum Gasteiger partial charge on any atom is -0.480 e. The molecule has 0 bridgehead atoms. The van der Waals surface area contributed by atoms with Crippen LogP contribution in [0.15, 0.2) is 34.2 Å². The zero-order chi connectivity index (χ0) is 18.4. The number of rotatable bonds is 4. The lowest BCUT2D eigenvalue weighted by Gasteiger charge is -2.31. The Morgan fingerprint density at radius 2 is 2.24 bits per heavy atom. The van der Waals surface area contributed by atoms with Gasteiger partial charge in [0.05, 0.1) is 10.6 Å². The maximum Gasteiger partial charge on any atom is 0.322 e. The van der Waals surface area contributed by atoms with E-state index < -0.39 is 22.0 Å². The number of nitrogens with one attached hydrogen (secondary N) is 1. The summed E-state index contributed by atoms with van der Waals surface area (Å²) in [5.74, 6) is -1.14. The Bertz CT molecular complexity index is 817. The smallest absolute Gasteiger partial charge is 0.322 e. The summed E-state index contributed by atoms with van der Waals surface area (Å²) in [5.41, 5.74) is 0.358. The van der Waals surface area contributed by atoms with Crippen LogP contribution in [0.25, 0.3) is 0 Å². The Morgan fingerprint density at radius 1 is 1.48 bits per heavy atom. The van der Waals surface area contributed by atoms with Crippen LogP contribution in [0.3, 0.4) is 0 Å². The summed E-state index contributed by atoms with van der Waals surface area (Å²) in [4.78, 5) is 15.6. The molecule has 0 aliphatic carbocycles. The second-order valence-electron chi connectivity index (χ2n) is 5.32. The van der Waals surface area contributed by atoms with E-state index in [0.717, 1.165) is 4.31 Å². The largest absolute Gasteiger partial charge is 0.480 e. The lowest BCUT2D eigenvalue weighted by atomic mass is 10.1. The number of nitriles is 1. The first-order chi connectivity index (χ1) is 11.9. The summed E-state index contributed by atoms with van der Waals surface area (Å²) in [6.45, 7) is 0.179. The van der Waals surface area contributed by atoms with Crippen LogP contribution in [0, 0.1) is 11.5 Å². The Hall–Kier alpha value is -2.09. The monoisotopic (exact) mass is 382 g/mol. The number of aliphatic carboxylic acids is 1. The van der Waals surface area contributed by atoms with Crippen molar-refractivity contribution >= 4 is 38.6 Å². The third-order valence-electron chi connectivity index (χ3n) is 3.75. The van der Waals surface area contributed by atoms with Gasteiger partial charge in [-0.25, -0.2) is 13.4 Å². The van der Waals surface area contributed by atoms with E-state index in [0.29, 0.717) is 30.1 Å². The van der Waals surface area contributed by atoms with Gasteiger partial charge in [-0.05, 0) is 43.7 Å². The van der Waals surface area contributed by atoms with E-state index in [1.165, 1.54) is 30.0 Å². The molecule has 0 amide bonds. The fraction of sp³-hybridized carbons (Fsp3) is 0.400. The van der Waals surface area contributed by atoms with Crippen LogP contribution in [-0.2, 0) is 14.8 Å². The molecule has 25 heavy (non-hydrogen) atoms. The van der Waals surface area contributed by atoms with Gasteiger partial charge in [-0.2, -0.15) is 9.57 Å². The molecule has 1 aromatic rings. The van der Waals surface area contributed by atoms with E-state index in [4.69, 9.17) is 5.26 Å². The van der Waals surface area contributed by atoms with Gasteiger partial charge in [0.25, 0.3) is 0 Å². The molecule has 1 saturated heterocycles. The van der Waals surface area contributed by atoms with Crippen LogP contribution in [0.5, 0.6) is 0 Å². The molecule has 1 heterocycles. The van der Waals surface area contributed by atoms with Crippen molar-refractivity contribution in [2.75, 3.05) is 12.8 Å². The zero-order valence-electron chi connectivity index (χ0n) is 13.5. The van der Waals surface area contributed by atoms with Crippen molar-refractivity contribution in [2.24, 2.45) is 4.99 Å². The Morgan fingerprint density at radius 3 is 2.88 bits per heavy atom. The van der Waals surface area contributed by atoms with Crippen molar-refractivity contribution in [1.82, 2.24) is 9.62 Å². The second-order valence-corrected chi connectivity index (χ2v) is 8.01. The number of carbonyl (C=O) groups is 1. The van der Waals surface area contributed by atoms with Crippen LogP contribution in [-0.4, -0.2) is 47.8 Å². The molecule has 0 aromatic heterocycles. The quantitative estimate of drug-likeness (QED) is 0.352. The Balaban J connectivity index is 2.38. The van der Waals surface area contributed by atoms with Crippen molar-refractivity contribution in [1.29, 1.82) is 5.26 Å². The van der Waals surface area contributed by atoms with Gasteiger partial charge in [0.2, 0.25) is 10.0 Å². The summed E-state index contributed by atoms with van der Waals surface area (Å²) in [6, 6.07) is 4.89. The molecule has 8 nitrogen and oxygen atoms in total. The van der Waals surface area contributed by atoms with Gasteiger partial charge in [0.1, 0.15) is 6.04 Å². The van der Waals surface area contributed by atoms with E-state index in [2.05, 4.69) is 10.3 Å². The first-order valence-corrected chi connectivity index (χ1v) is 10.2. The minimum absolute atomic E-state index is 0.0145. The highest BCUT2D eigenvalue weighted by molar-refractivity contribution is 8.13. The highest BCUT2D eigenvalue weighted by Crippen LogP contribution is 2.27. The van der Waals surface area contributed by atoms with Crippen LogP contribution < -0.4 is 5.32 Å². The van der Waals surface area contributed by atoms with Gasteiger partial charge in [-0.15, -0.1) is 0 Å². The number of piperidine rings is 1. The number of carboxylic acid groups (broad SMARTS) is 1. The van der Waals surface area contributed by atoms with E-state index >= 15 is 0 Å². The number of sulfonamides is 1. The van der Waals surface area contributed by atoms with Gasteiger partial charge in [-0.1, -0.05) is 17.8 Å². The van der Waals surface area contributed by atoms with E-state index in [-0.39, 0.29) is 11.4 Å². The number of amidine groups is 1. The molecule has 10 heteroatoms. The molecule has 1 aliphatic rings. The molecule has 2 rings (SSSR count). The van der Waals surface area contributed by atoms with Crippen LogP contribution >= 0.6 is 11.8 Å². The molecular formula is C15H18N4O4S2. The van der Waals surface area contributed by atoms with Gasteiger partial charge in [0.15, 0.2) is 11.4 Å². The second kappa shape index (κ2) is 8.33. The van der Waals surface area contributed by atoms with Gasteiger partial charge in [-0.3, -0.25) is 10.1 Å². The van der Waals surface area contributed by atoms with Gasteiger partial charge < -0.3 is 5.11 Å². The normalized spacial score (nSPS) is 19.2. The summed E-state index contributed by atoms with van der Waals surface area (Å²) in [6.07, 6.45) is 5.11. The summed E-state index contributed by atoms with van der Waals surface area (Å²) in [7, 11) is -3.94. The first kappa shape index (κ1) is 19.2. The molecule has 0 radical (unpaired) electrons. The standard InChI is InChI=1S/C15H18N4O4S2/c1-24-15(17-10-16)18-11-5-4-6-12(9-11)25(22,23)19-8-3-2-7-13(19)14(20)21/h4-6,9,13H,2-3,7-8H2,1H3,(H,17,18)(H,20,21). The highest BCUT2D eigenvalue weighted by atomic mass is 32.2. The average Bonchev–Trinajstić information content (AvgIpc) is 2.61. The number of thioether (sulfide) groups is 1. The summed E-state index contributed by atoms with van der Waals surface area (Å²) >= 11 is 1.21. The van der Waals surface area contributed by atoms with Crippen molar-refractivity contribution in [3.63, 3.8) is 0 Å². The highest BCUT2D eigenvalue weighted by Gasteiger charge is 2.37. The van der Waals surface area contributed by atoms with Crippen molar-refractivity contribution in [3.05, 3.63) is 24.3 Å².